The highest BCUT2D eigenvalue weighted by Gasteiger charge is 2.01. The van der Waals surface area contributed by atoms with Gasteiger partial charge in [0.05, 0.1) is 0 Å². The highest BCUT2D eigenvalue weighted by atomic mass is 32.1. The molecule has 0 aliphatic heterocycles. The monoisotopic (exact) mass is 286 g/mol. The lowest BCUT2D eigenvalue weighted by Crippen LogP contribution is -2.04. The Morgan fingerprint density at radius 2 is 2.15 bits per heavy atom. The number of nitrogens with one attached hydrogen (secondary N) is 1. The lowest BCUT2D eigenvalue weighted by Gasteiger charge is -2.05. The van der Waals surface area contributed by atoms with E-state index in [-0.39, 0.29) is 5.91 Å². The van der Waals surface area contributed by atoms with Crippen LogP contribution in [0.25, 0.3) is 12.2 Å². The topological polar surface area (TPSA) is 42.0 Å². The van der Waals surface area contributed by atoms with Crippen LogP contribution >= 0.6 is 11.3 Å². The lowest BCUT2D eigenvalue weighted by atomic mass is 10.0. The molecule has 0 radical (unpaired) electrons. The predicted molar refractivity (Wildman–Crippen MR) is 85.9 cm³/mol. The number of hydrogen-bond donors (Lipinski definition) is 1. The molecule has 2 rings (SSSR count). The van der Waals surface area contributed by atoms with Crippen LogP contribution in [0.3, 0.4) is 0 Å². The van der Waals surface area contributed by atoms with Crippen LogP contribution in [-0.2, 0) is 4.79 Å². The molecule has 4 heteroatoms. The molecule has 1 amide bonds. The van der Waals surface area contributed by atoms with E-state index in [2.05, 4.69) is 54.5 Å². The Kier molecular flexibility index (Phi) is 4.69. The van der Waals surface area contributed by atoms with Crippen LogP contribution in [0.2, 0.25) is 0 Å². The van der Waals surface area contributed by atoms with Crippen molar-refractivity contribution in [2.45, 2.75) is 26.7 Å². The van der Waals surface area contributed by atoms with Crippen molar-refractivity contribution in [3.8, 4) is 0 Å². The summed E-state index contributed by atoms with van der Waals surface area (Å²) in [6.45, 7) is 5.85. The molecule has 2 aromatic rings. The van der Waals surface area contributed by atoms with Crippen molar-refractivity contribution in [1.82, 2.24) is 4.98 Å². The molecule has 0 spiro atoms. The van der Waals surface area contributed by atoms with Crippen molar-refractivity contribution in [2.75, 3.05) is 5.32 Å². The van der Waals surface area contributed by atoms with Crippen LogP contribution < -0.4 is 5.32 Å². The fourth-order valence-electron chi connectivity index (χ4n) is 1.77. The summed E-state index contributed by atoms with van der Waals surface area (Å²) >= 11 is 1.46. The standard InChI is InChI=1S/C16H18N2OS/c1-11(2)14-6-4-5-13(9-14)7-8-15-10-17-16(20-15)18-12(3)19/h4-11H,1-3H3,(H,17,18,19). The molecule has 1 aromatic carbocycles. The minimum atomic E-state index is -0.0977. The molecule has 0 aliphatic carbocycles. The first-order valence-electron chi connectivity index (χ1n) is 6.56. The van der Waals surface area contributed by atoms with Gasteiger partial charge in [-0.25, -0.2) is 4.98 Å². The SMILES string of the molecule is CC(=O)Nc1ncc(C=Cc2cccc(C(C)C)c2)s1. The molecule has 0 fully saturated rings. The van der Waals surface area contributed by atoms with E-state index >= 15 is 0 Å². The highest BCUT2D eigenvalue weighted by Crippen LogP contribution is 2.21. The summed E-state index contributed by atoms with van der Waals surface area (Å²) in [5.74, 6) is 0.428. The van der Waals surface area contributed by atoms with Gasteiger partial charge in [0.1, 0.15) is 0 Å². The molecule has 1 aromatic heterocycles. The van der Waals surface area contributed by atoms with Gasteiger partial charge in [0.25, 0.3) is 0 Å². The summed E-state index contributed by atoms with van der Waals surface area (Å²) in [5, 5.41) is 3.31. The Labute approximate surface area is 123 Å². The Morgan fingerprint density at radius 1 is 1.35 bits per heavy atom. The zero-order chi connectivity index (χ0) is 14.5. The van der Waals surface area contributed by atoms with E-state index < -0.39 is 0 Å². The normalized spacial score (nSPS) is 11.2. The van der Waals surface area contributed by atoms with Gasteiger partial charge in [0.15, 0.2) is 5.13 Å². The number of hydrogen-bond acceptors (Lipinski definition) is 3. The number of nitrogens with zero attached hydrogens (tertiary/aromatic N) is 1. The summed E-state index contributed by atoms with van der Waals surface area (Å²) in [6, 6.07) is 8.49. The average molecular weight is 286 g/mol. The quantitative estimate of drug-likeness (QED) is 0.905. The largest absolute Gasteiger partial charge is 0.302 e. The molecule has 1 heterocycles. The highest BCUT2D eigenvalue weighted by molar-refractivity contribution is 7.16. The molecule has 0 atom stereocenters. The molecule has 3 nitrogen and oxygen atoms in total. The number of amides is 1. The summed E-state index contributed by atoms with van der Waals surface area (Å²) < 4.78 is 0. The van der Waals surface area contributed by atoms with Crippen LogP contribution in [0.1, 0.15) is 42.7 Å². The Hall–Kier alpha value is -1.94. The smallest absolute Gasteiger partial charge is 0.223 e. The first kappa shape index (κ1) is 14.5. The Morgan fingerprint density at radius 3 is 2.85 bits per heavy atom. The molecule has 104 valence electrons. The third kappa shape index (κ3) is 4.03. The molecule has 20 heavy (non-hydrogen) atoms. The molecule has 0 aliphatic rings. The second kappa shape index (κ2) is 6.48. The Bertz CT molecular complexity index is 629. The summed E-state index contributed by atoms with van der Waals surface area (Å²) in [5.41, 5.74) is 2.50. The summed E-state index contributed by atoms with van der Waals surface area (Å²) in [4.78, 5) is 16.1. The van der Waals surface area contributed by atoms with E-state index in [1.165, 1.54) is 29.4 Å². The van der Waals surface area contributed by atoms with E-state index in [1.54, 1.807) is 6.20 Å². The van der Waals surface area contributed by atoms with Crippen molar-refractivity contribution >= 4 is 34.5 Å². The van der Waals surface area contributed by atoms with Gasteiger partial charge in [-0.15, -0.1) is 0 Å². The minimum Gasteiger partial charge on any atom is -0.302 e. The summed E-state index contributed by atoms with van der Waals surface area (Å²) in [7, 11) is 0. The molecule has 0 bridgehead atoms. The lowest BCUT2D eigenvalue weighted by molar-refractivity contribution is -0.114. The van der Waals surface area contributed by atoms with E-state index in [9.17, 15) is 4.79 Å². The van der Waals surface area contributed by atoms with E-state index in [0.29, 0.717) is 11.0 Å². The van der Waals surface area contributed by atoms with Crippen molar-refractivity contribution in [3.63, 3.8) is 0 Å². The van der Waals surface area contributed by atoms with Crippen LogP contribution in [0.4, 0.5) is 5.13 Å². The van der Waals surface area contributed by atoms with E-state index in [0.717, 1.165) is 4.88 Å². The van der Waals surface area contributed by atoms with Gasteiger partial charge < -0.3 is 5.32 Å². The fourth-order valence-corrected chi connectivity index (χ4v) is 2.54. The first-order valence-corrected chi connectivity index (χ1v) is 7.37. The van der Waals surface area contributed by atoms with Gasteiger partial charge in [-0.05, 0) is 23.1 Å². The second-order valence-corrected chi connectivity index (χ2v) is 5.97. The minimum absolute atomic E-state index is 0.0977. The maximum Gasteiger partial charge on any atom is 0.223 e. The summed E-state index contributed by atoms with van der Waals surface area (Å²) in [6.07, 6.45) is 5.85. The molecular formula is C16H18N2OS. The number of aromatic nitrogens is 1. The van der Waals surface area contributed by atoms with E-state index in [4.69, 9.17) is 0 Å². The van der Waals surface area contributed by atoms with Crippen LogP contribution in [-0.4, -0.2) is 10.9 Å². The van der Waals surface area contributed by atoms with Crippen LogP contribution in [0.5, 0.6) is 0 Å². The third-order valence-electron chi connectivity index (χ3n) is 2.82. The number of benzene rings is 1. The first-order chi connectivity index (χ1) is 9.54. The number of rotatable bonds is 4. The zero-order valence-electron chi connectivity index (χ0n) is 11.9. The maximum atomic E-state index is 10.9. The van der Waals surface area contributed by atoms with Gasteiger partial charge in [0, 0.05) is 18.0 Å². The average Bonchev–Trinajstić information content (AvgIpc) is 2.83. The Balaban J connectivity index is 2.11. The zero-order valence-corrected chi connectivity index (χ0v) is 12.7. The molecule has 0 saturated carbocycles. The van der Waals surface area contributed by atoms with E-state index in [1.807, 2.05) is 6.08 Å². The van der Waals surface area contributed by atoms with Crippen molar-refractivity contribution in [1.29, 1.82) is 0 Å². The van der Waals surface area contributed by atoms with Crippen molar-refractivity contribution < 1.29 is 4.79 Å². The molecular weight excluding hydrogens is 268 g/mol. The number of carbonyl (C=O) groups is 1. The molecule has 0 unspecified atom stereocenters. The van der Waals surface area contributed by atoms with Crippen molar-refractivity contribution in [2.24, 2.45) is 0 Å². The molecule has 0 saturated heterocycles. The van der Waals surface area contributed by atoms with Gasteiger partial charge >= 0.3 is 0 Å². The second-order valence-electron chi connectivity index (χ2n) is 4.91. The fraction of sp³-hybridized carbons (Fsp3) is 0.250. The van der Waals surface area contributed by atoms with Gasteiger partial charge in [0.2, 0.25) is 5.91 Å². The maximum absolute atomic E-state index is 10.9. The number of anilines is 1. The van der Waals surface area contributed by atoms with Gasteiger partial charge in [-0.1, -0.05) is 55.5 Å². The van der Waals surface area contributed by atoms with Gasteiger partial charge in [-0.2, -0.15) is 0 Å². The van der Waals surface area contributed by atoms with Crippen molar-refractivity contribution in [3.05, 3.63) is 46.5 Å². The molecule has 1 N–H and O–H groups in total. The number of carbonyl (C=O) groups excluding carboxylic acids is 1. The third-order valence-corrected chi connectivity index (χ3v) is 3.70. The predicted octanol–water partition coefficient (Wildman–Crippen LogP) is 4.40. The number of thiazole rings is 1. The van der Waals surface area contributed by atoms with Crippen LogP contribution in [0, 0.1) is 0 Å². The van der Waals surface area contributed by atoms with Crippen LogP contribution in [0.15, 0.2) is 30.5 Å². The van der Waals surface area contributed by atoms with Gasteiger partial charge in [-0.3, -0.25) is 4.79 Å².